The molecule has 22 nitrogen and oxygen atoms in total. The third-order valence-corrected chi connectivity index (χ3v) is 12.7. The van der Waals surface area contributed by atoms with E-state index in [1.165, 1.54) is 40.8 Å². The number of carbonyl (C=O) groups excluding carboxylic acids is 8. The fraction of sp³-hybridized carbons (Fsp3) is 0.532. The van der Waals surface area contributed by atoms with Crippen molar-refractivity contribution in [3.8, 4) is 0 Å². The van der Waals surface area contributed by atoms with Crippen molar-refractivity contribution in [1.82, 2.24) is 36.4 Å². The van der Waals surface area contributed by atoms with Crippen molar-refractivity contribution in [3.05, 3.63) is 83.6 Å². The predicted molar refractivity (Wildman–Crippen MR) is 249 cm³/mol. The number of aliphatic hydroxyl groups is 1. The summed E-state index contributed by atoms with van der Waals surface area (Å²) < 4.78 is 48.3. The molecule has 2 aliphatic rings. The molecule has 24 heteroatoms. The van der Waals surface area contributed by atoms with Crippen LogP contribution in [0.25, 0.3) is 0 Å². The van der Waals surface area contributed by atoms with Crippen LogP contribution < -0.4 is 56.1 Å². The molecular formula is C47H64N7NaO15S. The number of methoxy groups -OCH3 is 1. The van der Waals surface area contributed by atoms with Crippen molar-refractivity contribution < 1.29 is 99.6 Å². The molecule has 2 aromatic rings. The van der Waals surface area contributed by atoms with E-state index in [4.69, 9.17) is 9.47 Å². The van der Waals surface area contributed by atoms with E-state index in [1.54, 1.807) is 74.5 Å². The molecule has 0 aliphatic carbocycles. The molecule has 2 fully saturated rings. The Morgan fingerprint density at radius 1 is 0.901 bits per heavy atom. The minimum absolute atomic E-state index is 0. The number of likely N-dealkylation sites (N-methyl/N-ethyl adjacent to an activating group) is 1. The van der Waals surface area contributed by atoms with Gasteiger partial charge in [-0.3, -0.25) is 37.7 Å². The maximum Gasteiger partial charge on any atom is 1.00 e. The van der Waals surface area contributed by atoms with Crippen LogP contribution in [-0.2, 0) is 75.3 Å². The van der Waals surface area contributed by atoms with Gasteiger partial charge in [0.2, 0.25) is 34.0 Å². The topological polar surface area (TPSA) is 308 Å². The zero-order valence-electron chi connectivity index (χ0n) is 41.4. The summed E-state index contributed by atoms with van der Waals surface area (Å²) in [6.45, 7) is 8.09. The van der Waals surface area contributed by atoms with E-state index < -0.39 is 137 Å². The number of rotatable bonds is 15. The number of aliphatic hydroxyl groups excluding tert-OH is 1. The molecule has 4 rings (SSSR count). The van der Waals surface area contributed by atoms with Gasteiger partial charge in [-0.25, -0.2) is 13.2 Å². The molecule has 6 N–H and O–H groups in total. The van der Waals surface area contributed by atoms with Crippen molar-refractivity contribution in [2.24, 2.45) is 11.8 Å². The van der Waals surface area contributed by atoms with E-state index in [0.29, 0.717) is 17.5 Å². The van der Waals surface area contributed by atoms with Crippen molar-refractivity contribution in [2.45, 2.75) is 128 Å². The molecule has 2 bridgehead atoms. The smallest absolute Gasteiger partial charge is 0.726 e. The minimum atomic E-state index is -5.23. The summed E-state index contributed by atoms with van der Waals surface area (Å²) in [7, 11) is -2.83. The molecule has 0 radical (unpaired) electrons. The Labute approximate surface area is 436 Å². The van der Waals surface area contributed by atoms with E-state index in [2.05, 4.69) is 30.8 Å². The second-order valence-corrected chi connectivity index (χ2v) is 18.6. The average molecular weight is 1020 g/mol. The Morgan fingerprint density at radius 2 is 1.48 bits per heavy atom. The first-order valence-corrected chi connectivity index (χ1v) is 24.2. The SMILES string of the molecule is C/C=C1\NC(=O)[C@@H](NC(=O)[C@@H](NC(=O)[C@@H](COS(=O)(=O)[O-])OC)C(C)C)[C@@H](C)OC(=O)[C@H]([C@H](C)CC)NC(=O)[C@H](Cc2ccccc2)N(C)C(=O)[C@H](Cc2ccccc2)N2C(=O)[C@H](CC[C@H]2O)NC1=O.[Na+]. The van der Waals surface area contributed by atoms with Crippen molar-refractivity contribution in [1.29, 1.82) is 0 Å². The Morgan fingerprint density at radius 3 is 2.00 bits per heavy atom. The van der Waals surface area contributed by atoms with Gasteiger partial charge in [0, 0.05) is 27.0 Å². The number of benzene rings is 2. The maximum absolute atomic E-state index is 15.0. The molecule has 0 aromatic heterocycles. The largest absolute Gasteiger partial charge is 1.00 e. The number of hydrogen-bond donors (Lipinski definition) is 6. The van der Waals surface area contributed by atoms with E-state index in [1.807, 2.05) is 0 Å². The molecule has 384 valence electrons. The van der Waals surface area contributed by atoms with E-state index in [-0.39, 0.29) is 55.2 Å². The van der Waals surface area contributed by atoms with Gasteiger partial charge in [0.25, 0.3) is 17.7 Å². The predicted octanol–water partition coefficient (Wildman–Crippen LogP) is -3.29. The number of nitrogens with one attached hydrogen (secondary N) is 5. The fourth-order valence-corrected chi connectivity index (χ4v) is 8.23. The Hall–Kier alpha value is -5.27. The number of nitrogens with zero attached hydrogens (tertiary/aromatic N) is 2. The first kappa shape index (κ1) is 60.0. The van der Waals surface area contributed by atoms with Gasteiger partial charge < -0.3 is 55.5 Å². The number of carbonyl (C=O) groups is 8. The molecule has 0 spiro atoms. The van der Waals surface area contributed by atoms with Gasteiger partial charge in [-0.05, 0) is 49.7 Å². The monoisotopic (exact) mass is 1020 g/mol. The second-order valence-electron chi connectivity index (χ2n) is 17.5. The number of ether oxygens (including phenoxy) is 2. The average Bonchev–Trinajstić information content (AvgIpc) is 3.32. The summed E-state index contributed by atoms with van der Waals surface area (Å²) >= 11 is 0. The Kier molecular flexibility index (Phi) is 23.3. The fourth-order valence-electron chi connectivity index (χ4n) is 7.94. The van der Waals surface area contributed by atoms with E-state index >= 15 is 0 Å². The van der Waals surface area contributed by atoms with Crippen molar-refractivity contribution in [3.63, 3.8) is 0 Å². The Balaban J connectivity index is 0.0000133. The quantitative estimate of drug-likeness (QED) is 0.0335. The van der Waals surface area contributed by atoms with Crippen LogP contribution in [-0.4, -0.2) is 151 Å². The van der Waals surface area contributed by atoms with Crippen molar-refractivity contribution in [2.75, 3.05) is 20.8 Å². The number of piperidine rings is 1. The number of allylic oxidation sites excluding steroid dienone is 1. The number of esters is 1. The zero-order chi connectivity index (χ0) is 52.0. The number of fused-ring (bicyclic) bond motifs is 2. The second kappa shape index (κ2) is 27.5. The van der Waals surface area contributed by atoms with E-state index in [9.17, 15) is 56.4 Å². The summed E-state index contributed by atoms with van der Waals surface area (Å²) in [5, 5.41) is 24.1. The summed E-state index contributed by atoms with van der Waals surface area (Å²) in [5.74, 6) is -8.93. The van der Waals surface area contributed by atoms with Gasteiger partial charge >= 0.3 is 35.5 Å². The molecule has 7 amide bonds. The zero-order valence-corrected chi connectivity index (χ0v) is 44.2. The summed E-state index contributed by atoms with van der Waals surface area (Å²) in [6, 6.07) is 8.64. The molecule has 2 aliphatic heterocycles. The summed E-state index contributed by atoms with van der Waals surface area (Å²) in [4.78, 5) is 116. The maximum atomic E-state index is 15.0. The minimum Gasteiger partial charge on any atom is -0.726 e. The molecule has 2 aromatic carbocycles. The van der Waals surface area contributed by atoms with Crippen LogP contribution in [0.3, 0.4) is 0 Å². The summed E-state index contributed by atoms with van der Waals surface area (Å²) in [5.41, 5.74) is 0.831. The third-order valence-electron chi connectivity index (χ3n) is 12.3. The molecular weight excluding hydrogens is 958 g/mol. The van der Waals surface area contributed by atoms with Crippen LogP contribution >= 0.6 is 0 Å². The van der Waals surface area contributed by atoms with Crippen LogP contribution in [0.5, 0.6) is 0 Å². The number of hydrogen-bond acceptors (Lipinski definition) is 15. The first-order chi connectivity index (χ1) is 33.0. The molecule has 2 heterocycles. The molecule has 0 saturated carbocycles. The van der Waals surface area contributed by atoms with Gasteiger partial charge in [-0.1, -0.05) is 101 Å². The molecule has 0 unspecified atom stereocenters. The van der Waals surface area contributed by atoms with Gasteiger partial charge in [-0.15, -0.1) is 0 Å². The van der Waals surface area contributed by atoms with Crippen LogP contribution in [0.4, 0.5) is 0 Å². The number of amides is 7. The van der Waals surface area contributed by atoms with Crippen molar-refractivity contribution >= 4 is 57.7 Å². The molecule has 71 heavy (non-hydrogen) atoms. The van der Waals surface area contributed by atoms with Crippen LogP contribution in [0, 0.1) is 11.8 Å². The molecule has 10 atom stereocenters. The van der Waals surface area contributed by atoms with Gasteiger partial charge in [0.15, 0.2) is 6.10 Å². The van der Waals surface area contributed by atoms with Gasteiger partial charge in [0.05, 0.1) is 0 Å². The Bertz CT molecular complexity index is 2340. The van der Waals surface area contributed by atoms with Crippen LogP contribution in [0.15, 0.2) is 72.4 Å². The number of cyclic esters (lactones) is 1. The normalized spacial score (nSPS) is 24.9. The van der Waals surface area contributed by atoms with Gasteiger partial charge in [0.1, 0.15) is 60.9 Å². The van der Waals surface area contributed by atoms with Gasteiger partial charge in [-0.2, -0.15) is 0 Å². The first-order valence-electron chi connectivity index (χ1n) is 22.9. The van der Waals surface area contributed by atoms with Crippen LogP contribution in [0.2, 0.25) is 0 Å². The van der Waals surface area contributed by atoms with E-state index in [0.717, 1.165) is 16.9 Å². The summed E-state index contributed by atoms with van der Waals surface area (Å²) in [6.07, 6.45) is -3.58. The molecule has 2 saturated heterocycles. The third kappa shape index (κ3) is 16.6. The van der Waals surface area contributed by atoms with Crippen LogP contribution in [0.1, 0.15) is 71.9 Å². The standard InChI is InChI=1S/C47H65N7O15S.Na/c1-9-27(5)38-47(63)69-28(6)39(52-43(59)37(26(3)4)50-42(58)35(67-8)25-68-70(64,65)66)44(60)48-31(10-2)40(56)49-32-21-22-36(55)54(45(32)61)34(24-30-19-15-12-16-20-30)46(62)53(7)33(41(57)51-38)23-29-17-13-11-14-18-29;/h10-20,26-28,32-39,55H,9,21-25H2,1-8H3,(H,48,60)(H,49,56)(H,50,58)(H,51,57)(H,52,59)(H,64,65,66);/q;+1/p-1/b31-10-;/t27-,28-,32+,33+,34+,35-,36-,37+,38+,39+;/m1./s1.